The highest BCUT2D eigenvalue weighted by atomic mass is 16.5. The number of hydrogen-bond donors (Lipinski definition) is 1. The van der Waals surface area contributed by atoms with E-state index in [1.54, 1.807) is 7.11 Å². The van der Waals surface area contributed by atoms with Crippen LogP contribution in [0.4, 0.5) is 0 Å². The molecule has 0 radical (unpaired) electrons. The highest BCUT2D eigenvalue weighted by Gasteiger charge is 2.20. The van der Waals surface area contributed by atoms with Crippen molar-refractivity contribution in [2.75, 3.05) is 61.6 Å². The van der Waals surface area contributed by atoms with E-state index >= 15 is 0 Å². The van der Waals surface area contributed by atoms with Gasteiger partial charge in [0.15, 0.2) is 5.96 Å². The molecule has 0 amide bonds. The van der Waals surface area contributed by atoms with Crippen molar-refractivity contribution in [3.8, 4) is 5.75 Å². The maximum Gasteiger partial charge on any atom is 0.193 e. The number of ether oxygens (including phenoxy) is 2. The van der Waals surface area contributed by atoms with Gasteiger partial charge in [0.1, 0.15) is 5.75 Å². The molecule has 6 nitrogen and oxygen atoms in total. The molecule has 6 heteroatoms. The summed E-state index contributed by atoms with van der Waals surface area (Å²) < 4.78 is 10.8. The van der Waals surface area contributed by atoms with E-state index in [-0.39, 0.29) is 6.04 Å². The van der Waals surface area contributed by atoms with Crippen LogP contribution in [-0.2, 0) is 4.74 Å². The molecule has 2 unspecified atom stereocenters. The first-order chi connectivity index (χ1) is 12.0. The number of aliphatic imine (C=N–C) groups is 1. The third kappa shape index (κ3) is 5.61. The Morgan fingerprint density at radius 2 is 2.20 bits per heavy atom. The first-order valence-electron chi connectivity index (χ1n) is 8.85. The van der Waals surface area contributed by atoms with E-state index in [2.05, 4.69) is 53.4 Å². The standard InChI is InChI=1S/C19H32N4O2/c1-20-19(23(4)13-15-9-10-25-14-15)21-12-18(22(2)3)16-7-6-8-17(11-16)24-5/h6-8,11,15,18H,9-10,12-14H2,1-5H3,(H,20,21). The second-order valence-corrected chi connectivity index (χ2v) is 6.79. The molecule has 1 saturated heterocycles. The Labute approximate surface area is 151 Å². The van der Waals surface area contributed by atoms with Crippen LogP contribution in [-0.4, -0.2) is 77.4 Å². The van der Waals surface area contributed by atoms with Crippen LogP contribution in [0.1, 0.15) is 18.0 Å². The fraction of sp³-hybridized carbons (Fsp3) is 0.632. The molecule has 1 aliphatic heterocycles. The predicted octanol–water partition coefficient (Wildman–Crippen LogP) is 1.84. The van der Waals surface area contributed by atoms with E-state index in [1.807, 2.05) is 19.2 Å². The molecule has 0 aliphatic carbocycles. The van der Waals surface area contributed by atoms with Gasteiger partial charge in [-0.05, 0) is 38.2 Å². The number of benzene rings is 1. The molecule has 140 valence electrons. The predicted molar refractivity (Wildman–Crippen MR) is 102 cm³/mol. The topological polar surface area (TPSA) is 49.3 Å². The normalized spacial score (nSPS) is 19.1. The minimum atomic E-state index is 0.232. The van der Waals surface area contributed by atoms with Crippen molar-refractivity contribution >= 4 is 5.96 Å². The van der Waals surface area contributed by atoms with Gasteiger partial charge < -0.3 is 24.6 Å². The highest BCUT2D eigenvalue weighted by Crippen LogP contribution is 2.22. The minimum Gasteiger partial charge on any atom is -0.497 e. The maximum absolute atomic E-state index is 5.48. The van der Waals surface area contributed by atoms with Gasteiger partial charge in [-0.3, -0.25) is 4.99 Å². The summed E-state index contributed by atoms with van der Waals surface area (Å²) in [6.45, 7) is 3.47. The van der Waals surface area contributed by atoms with Gasteiger partial charge in [-0.15, -0.1) is 0 Å². The van der Waals surface area contributed by atoms with Gasteiger partial charge in [-0.25, -0.2) is 0 Å². The third-order valence-corrected chi connectivity index (χ3v) is 4.68. The monoisotopic (exact) mass is 348 g/mol. The van der Waals surface area contributed by atoms with Crippen LogP contribution in [0.25, 0.3) is 0 Å². The number of methoxy groups -OCH3 is 1. The summed E-state index contributed by atoms with van der Waals surface area (Å²) in [4.78, 5) is 8.84. The van der Waals surface area contributed by atoms with E-state index < -0.39 is 0 Å². The molecule has 1 aliphatic rings. The minimum absolute atomic E-state index is 0.232. The summed E-state index contributed by atoms with van der Waals surface area (Å²) in [5, 5.41) is 3.51. The van der Waals surface area contributed by atoms with Crippen molar-refractivity contribution < 1.29 is 9.47 Å². The summed E-state index contributed by atoms with van der Waals surface area (Å²) in [6, 6.07) is 8.47. The molecule has 1 N–H and O–H groups in total. The lowest BCUT2D eigenvalue weighted by molar-refractivity contribution is 0.181. The van der Waals surface area contributed by atoms with Crippen LogP contribution in [0.15, 0.2) is 29.3 Å². The molecule has 0 spiro atoms. The number of nitrogens with zero attached hydrogens (tertiary/aromatic N) is 3. The van der Waals surface area contributed by atoms with Gasteiger partial charge in [0.2, 0.25) is 0 Å². The fourth-order valence-electron chi connectivity index (χ4n) is 3.22. The third-order valence-electron chi connectivity index (χ3n) is 4.68. The maximum atomic E-state index is 5.48. The lowest BCUT2D eigenvalue weighted by Gasteiger charge is -2.29. The number of nitrogens with one attached hydrogen (secondary N) is 1. The molecule has 0 saturated carbocycles. The van der Waals surface area contributed by atoms with E-state index in [1.165, 1.54) is 5.56 Å². The molecule has 25 heavy (non-hydrogen) atoms. The summed E-state index contributed by atoms with van der Waals surface area (Å²) in [5.74, 6) is 2.39. The Morgan fingerprint density at radius 1 is 1.40 bits per heavy atom. The van der Waals surface area contributed by atoms with Crippen molar-refractivity contribution in [1.29, 1.82) is 0 Å². The molecule has 0 aromatic heterocycles. The second-order valence-electron chi connectivity index (χ2n) is 6.79. The van der Waals surface area contributed by atoms with E-state index in [9.17, 15) is 0 Å². The molecule has 0 bridgehead atoms. The Kier molecular flexibility index (Phi) is 7.52. The average Bonchev–Trinajstić information content (AvgIpc) is 3.11. The molecular weight excluding hydrogens is 316 g/mol. The van der Waals surface area contributed by atoms with Crippen LogP contribution >= 0.6 is 0 Å². The van der Waals surface area contributed by atoms with Gasteiger partial charge in [-0.2, -0.15) is 0 Å². The van der Waals surface area contributed by atoms with Gasteiger partial charge in [0.05, 0.1) is 19.8 Å². The molecule has 2 atom stereocenters. The summed E-state index contributed by atoms with van der Waals surface area (Å²) >= 11 is 0. The van der Waals surface area contributed by atoms with Crippen molar-refractivity contribution in [3.05, 3.63) is 29.8 Å². The number of rotatable bonds is 7. The molecule has 2 rings (SSSR count). The lowest BCUT2D eigenvalue weighted by atomic mass is 10.1. The Balaban J connectivity index is 1.98. The van der Waals surface area contributed by atoms with E-state index in [0.29, 0.717) is 5.92 Å². The largest absolute Gasteiger partial charge is 0.497 e. The van der Waals surface area contributed by atoms with Gasteiger partial charge in [0, 0.05) is 39.7 Å². The van der Waals surface area contributed by atoms with Crippen molar-refractivity contribution in [2.45, 2.75) is 12.5 Å². The zero-order chi connectivity index (χ0) is 18.2. The smallest absolute Gasteiger partial charge is 0.193 e. The van der Waals surface area contributed by atoms with Crippen molar-refractivity contribution in [2.24, 2.45) is 10.9 Å². The van der Waals surface area contributed by atoms with Crippen LogP contribution < -0.4 is 10.1 Å². The number of likely N-dealkylation sites (N-methyl/N-ethyl adjacent to an activating group) is 1. The Morgan fingerprint density at radius 3 is 2.80 bits per heavy atom. The highest BCUT2D eigenvalue weighted by molar-refractivity contribution is 5.79. The number of hydrogen-bond acceptors (Lipinski definition) is 4. The zero-order valence-corrected chi connectivity index (χ0v) is 16.2. The Hall–Kier alpha value is -1.79. The summed E-state index contributed by atoms with van der Waals surface area (Å²) in [6.07, 6.45) is 1.13. The molecule has 1 aromatic carbocycles. The van der Waals surface area contributed by atoms with Crippen LogP contribution in [0, 0.1) is 5.92 Å². The van der Waals surface area contributed by atoms with Gasteiger partial charge >= 0.3 is 0 Å². The second kappa shape index (κ2) is 9.63. The van der Waals surface area contributed by atoms with E-state index in [0.717, 1.165) is 44.4 Å². The molecule has 1 aromatic rings. The fourth-order valence-corrected chi connectivity index (χ4v) is 3.22. The lowest BCUT2D eigenvalue weighted by Crippen LogP contribution is -2.44. The zero-order valence-electron chi connectivity index (χ0n) is 16.2. The first-order valence-corrected chi connectivity index (χ1v) is 8.85. The first kappa shape index (κ1) is 19.5. The van der Waals surface area contributed by atoms with Gasteiger partial charge in [0.25, 0.3) is 0 Å². The SMILES string of the molecule is CN=C(NCC(c1cccc(OC)c1)N(C)C)N(C)CC1CCOC1. The van der Waals surface area contributed by atoms with Crippen LogP contribution in [0.5, 0.6) is 5.75 Å². The summed E-state index contributed by atoms with van der Waals surface area (Å²) in [7, 11) is 9.80. The Bertz CT molecular complexity index is 556. The molecule has 1 fully saturated rings. The van der Waals surface area contributed by atoms with Crippen LogP contribution in [0.2, 0.25) is 0 Å². The number of guanidine groups is 1. The van der Waals surface area contributed by atoms with Gasteiger partial charge in [-0.1, -0.05) is 12.1 Å². The summed E-state index contributed by atoms with van der Waals surface area (Å²) in [5.41, 5.74) is 1.22. The van der Waals surface area contributed by atoms with Crippen molar-refractivity contribution in [1.82, 2.24) is 15.1 Å². The van der Waals surface area contributed by atoms with E-state index in [4.69, 9.17) is 9.47 Å². The average molecular weight is 348 g/mol. The van der Waals surface area contributed by atoms with Crippen molar-refractivity contribution in [3.63, 3.8) is 0 Å². The quantitative estimate of drug-likeness (QED) is 0.602. The molecular formula is C19H32N4O2. The van der Waals surface area contributed by atoms with Crippen LogP contribution in [0.3, 0.4) is 0 Å². The molecule has 1 heterocycles.